The first-order valence-electron chi connectivity index (χ1n) is 8.94. The Bertz CT molecular complexity index is 1310. The third-order valence-electron chi connectivity index (χ3n) is 4.52. The third kappa shape index (κ3) is 4.24. The van der Waals surface area contributed by atoms with Crippen LogP contribution in [0.2, 0.25) is 10.0 Å². The minimum Gasteiger partial charge on any atom is -0.496 e. The highest BCUT2D eigenvalue weighted by Crippen LogP contribution is 2.39. The van der Waals surface area contributed by atoms with E-state index in [1.807, 2.05) is 0 Å². The van der Waals surface area contributed by atoms with Gasteiger partial charge >= 0.3 is 0 Å². The molecule has 162 valence electrons. The molecule has 1 saturated heterocycles. The predicted molar refractivity (Wildman–Crippen MR) is 129 cm³/mol. The van der Waals surface area contributed by atoms with Crippen LogP contribution in [-0.4, -0.2) is 22.3 Å². The molecule has 4 rings (SSSR count). The second-order valence-electron chi connectivity index (χ2n) is 6.46. The Hall–Kier alpha value is -2.85. The van der Waals surface area contributed by atoms with Crippen molar-refractivity contribution in [3.05, 3.63) is 79.4 Å². The van der Waals surface area contributed by atoms with Gasteiger partial charge in [-0.15, -0.1) is 0 Å². The van der Waals surface area contributed by atoms with Gasteiger partial charge in [0.1, 0.15) is 17.3 Å². The number of amides is 1. The molecule has 0 aliphatic carbocycles. The van der Waals surface area contributed by atoms with E-state index in [0.29, 0.717) is 47.8 Å². The fourth-order valence-electron chi connectivity index (χ4n) is 3.02. The maximum Gasteiger partial charge on any atom is 0.273 e. The van der Waals surface area contributed by atoms with Crippen molar-refractivity contribution < 1.29 is 18.9 Å². The van der Waals surface area contributed by atoms with Crippen LogP contribution in [0.1, 0.15) is 5.76 Å². The number of thioether (sulfide) groups is 1. The molecule has 32 heavy (non-hydrogen) atoms. The fourth-order valence-corrected chi connectivity index (χ4v) is 4.59. The van der Waals surface area contributed by atoms with Crippen molar-refractivity contribution in [2.75, 3.05) is 12.0 Å². The lowest BCUT2D eigenvalue weighted by atomic mass is 10.1. The molecule has 1 fully saturated rings. The number of halogens is 2. The number of nitro groups is 1. The van der Waals surface area contributed by atoms with Gasteiger partial charge in [0.25, 0.3) is 11.6 Å². The third-order valence-corrected chi connectivity index (χ3v) is 6.56. The van der Waals surface area contributed by atoms with Crippen LogP contribution < -0.4 is 9.64 Å². The predicted octanol–water partition coefficient (Wildman–Crippen LogP) is 6.58. The number of hydrogen-bond donors (Lipinski definition) is 0. The van der Waals surface area contributed by atoms with Crippen LogP contribution in [0.4, 0.5) is 11.4 Å². The summed E-state index contributed by atoms with van der Waals surface area (Å²) in [7, 11) is 1.42. The van der Waals surface area contributed by atoms with E-state index in [0.717, 1.165) is 11.8 Å². The molecule has 0 bridgehead atoms. The molecular formula is C21H12Cl2N2O5S2. The number of furan rings is 1. The Morgan fingerprint density at radius 3 is 2.62 bits per heavy atom. The Morgan fingerprint density at radius 1 is 1.16 bits per heavy atom. The zero-order chi connectivity index (χ0) is 23.0. The summed E-state index contributed by atoms with van der Waals surface area (Å²) in [6.07, 6.45) is 1.58. The van der Waals surface area contributed by atoms with Gasteiger partial charge in [-0.2, -0.15) is 0 Å². The molecule has 0 N–H and O–H groups in total. The molecule has 0 saturated carbocycles. The van der Waals surface area contributed by atoms with Gasteiger partial charge in [0, 0.05) is 12.1 Å². The standard InChI is InChI=1S/C21H12Cl2N2O5S2/c1-29-18-9-12(25(27)28)2-5-14(18)17-7-4-13(30-17)10-19-20(26)24(21(31)32-19)11-3-6-15(22)16(23)8-11/h2-10H,1H3/b19-10-. The van der Waals surface area contributed by atoms with E-state index in [-0.39, 0.29) is 11.6 Å². The van der Waals surface area contributed by atoms with E-state index in [1.165, 1.54) is 24.1 Å². The van der Waals surface area contributed by atoms with Gasteiger partial charge < -0.3 is 9.15 Å². The van der Waals surface area contributed by atoms with Crippen LogP contribution in [0.5, 0.6) is 5.75 Å². The maximum atomic E-state index is 12.9. The van der Waals surface area contributed by atoms with E-state index in [4.69, 9.17) is 44.6 Å². The smallest absolute Gasteiger partial charge is 0.273 e. The van der Waals surface area contributed by atoms with Crippen molar-refractivity contribution in [1.29, 1.82) is 0 Å². The molecule has 1 aliphatic heterocycles. The molecule has 0 spiro atoms. The highest BCUT2D eigenvalue weighted by atomic mass is 35.5. The minimum absolute atomic E-state index is 0.0941. The second-order valence-corrected chi connectivity index (χ2v) is 8.95. The lowest BCUT2D eigenvalue weighted by Crippen LogP contribution is -2.27. The number of rotatable bonds is 5. The van der Waals surface area contributed by atoms with E-state index >= 15 is 0 Å². The summed E-state index contributed by atoms with van der Waals surface area (Å²) in [4.78, 5) is 25.2. The monoisotopic (exact) mass is 506 g/mol. The number of carbonyl (C=O) groups is 1. The van der Waals surface area contributed by atoms with Crippen molar-refractivity contribution in [2.24, 2.45) is 0 Å². The molecule has 1 aromatic heterocycles. The van der Waals surface area contributed by atoms with E-state index in [1.54, 1.807) is 42.5 Å². The Balaban J connectivity index is 1.62. The topological polar surface area (TPSA) is 85.8 Å². The Labute approximate surface area is 201 Å². The number of hydrogen-bond acceptors (Lipinski definition) is 7. The zero-order valence-corrected chi connectivity index (χ0v) is 19.3. The summed E-state index contributed by atoms with van der Waals surface area (Å²) in [6, 6.07) is 12.4. The average molecular weight is 507 g/mol. The SMILES string of the molecule is COc1cc([N+](=O)[O-])ccc1-c1ccc(/C=C2\SC(=S)N(c3ccc(Cl)c(Cl)c3)C2=O)o1. The van der Waals surface area contributed by atoms with Gasteiger partial charge in [0.2, 0.25) is 0 Å². The first kappa shape index (κ1) is 22.3. The summed E-state index contributed by atoms with van der Waals surface area (Å²) in [5, 5.41) is 11.7. The van der Waals surface area contributed by atoms with Crippen LogP contribution in [-0.2, 0) is 4.79 Å². The van der Waals surface area contributed by atoms with Crippen molar-refractivity contribution in [3.8, 4) is 17.1 Å². The van der Waals surface area contributed by atoms with Crippen LogP contribution in [0.25, 0.3) is 17.4 Å². The highest BCUT2D eigenvalue weighted by Gasteiger charge is 2.34. The van der Waals surface area contributed by atoms with E-state index < -0.39 is 4.92 Å². The lowest BCUT2D eigenvalue weighted by molar-refractivity contribution is -0.384. The second kappa shape index (κ2) is 8.95. The summed E-state index contributed by atoms with van der Waals surface area (Å²) < 4.78 is 11.5. The molecule has 0 radical (unpaired) electrons. The quantitative estimate of drug-likeness (QED) is 0.167. The minimum atomic E-state index is -0.504. The van der Waals surface area contributed by atoms with Crippen LogP contribution in [0.15, 0.2) is 57.9 Å². The highest BCUT2D eigenvalue weighted by molar-refractivity contribution is 8.27. The van der Waals surface area contributed by atoms with Gasteiger partial charge in [-0.3, -0.25) is 19.8 Å². The Morgan fingerprint density at radius 2 is 1.94 bits per heavy atom. The summed E-state index contributed by atoms with van der Waals surface area (Å²) in [6.45, 7) is 0. The lowest BCUT2D eigenvalue weighted by Gasteiger charge is -2.15. The first-order valence-corrected chi connectivity index (χ1v) is 10.9. The molecule has 11 heteroatoms. The fraction of sp³-hybridized carbons (Fsp3) is 0.0476. The van der Waals surface area contributed by atoms with Gasteiger partial charge in [-0.05, 0) is 36.4 Å². The van der Waals surface area contributed by atoms with Gasteiger partial charge in [-0.25, -0.2) is 0 Å². The molecular weight excluding hydrogens is 495 g/mol. The molecule has 2 aromatic carbocycles. The number of non-ortho nitro benzene ring substituents is 1. The van der Waals surface area contributed by atoms with Gasteiger partial charge in [0.05, 0.1) is 44.3 Å². The van der Waals surface area contributed by atoms with Crippen molar-refractivity contribution >= 4 is 74.9 Å². The normalized spacial score (nSPS) is 15.0. The van der Waals surface area contributed by atoms with Crippen LogP contribution in [0.3, 0.4) is 0 Å². The molecule has 2 heterocycles. The number of methoxy groups -OCH3 is 1. The molecule has 7 nitrogen and oxygen atoms in total. The number of ether oxygens (including phenoxy) is 1. The molecule has 0 unspecified atom stereocenters. The van der Waals surface area contributed by atoms with Crippen molar-refractivity contribution in [2.45, 2.75) is 0 Å². The number of benzene rings is 2. The Kier molecular flexibility index (Phi) is 6.25. The molecule has 3 aromatic rings. The maximum absolute atomic E-state index is 12.9. The summed E-state index contributed by atoms with van der Waals surface area (Å²) >= 11 is 18.5. The largest absolute Gasteiger partial charge is 0.496 e. The number of nitro benzene ring substituents is 1. The summed E-state index contributed by atoms with van der Waals surface area (Å²) in [5.41, 5.74) is 0.963. The van der Waals surface area contributed by atoms with Crippen molar-refractivity contribution in [1.82, 2.24) is 0 Å². The summed E-state index contributed by atoms with van der Waals surface area (Å²) in [5.74, 6) is 0.827. The molecule has 0 atom stereocenters. The average Bonchev–Trinajstić information content (AvgIpc) is 3.34. The zero-order valence-electron chi connectivity index (χ0n) is 16.2. The van der Waals surface area contributed by atoms with Crippen molar-refractivity contribution in [3.63, 3.8) is 0 Å². The van der Waals surface area contributed by atoms with E-state index in [2.05, 4.69) is 0 Å². The molecule has 1 aliphatic rings. The van der Waals surface area contributed by atoms with Gasteiger partial charge in [-0.1, -0.05) is 47.2 Å². The van der Waals surface area contributed by atoms with Crippen LogP contribution >= 0.6 is 47.2 Å². The van der Waals surface area contributed by atoms with Crippen LogP contribution in [0, 0.1) is 10.1 Å². The first-order chi connectivity index (χ1) is 15.3. The molecule has 1 amide bonds. The number of carbonyl (C=O) groups excluding carboxylic acids is 1. The number of thiocarbonyl (C=S) groups is 1. The number of nitrogens with zero attached hydrogens (tertiary/aromatic N) is 2. The van der Waals surface area contributed by atoms with Gasteiger partial charge in [0.15, 0.2) is 4.32 Å². The van der Waals surface area contributed by atoms with E-state index in [9.17, 15) is 14.9 Å². The number of anilines is 1.